The zero-order valence-electron chi connectivity index (χ0n) is 7.26. The monoisotopic (exact) mass is 153 g/mol. The van der Waals surface area contributed by atoms with Gasteiger partial charge in [-0.1, -0.05) is 20.4 Å². The van der Waals surface area contributed by atoms with Crippen molar-refractivity contribution in [3.8, 4) is 0 Å². The first-order chi connectivity index (χ1) is 5.05. The Morgan fingerprint density at radius 2 is 2.27 bits per heavy atom. The lowest BCUT2D eigenvalue weighted by molar-refractivity contribution is -0.133. The minimum Gasteiger partial charge on any atom is -0.320 e. The van der Waals surface area contributed by atoms with Gasteiger partial charge in [-0.25, -0.2) is 0 Å². The van der Waals surface area contributed by atoms with E-state index in [1.54, 1.807) is 11.1 Å². The molecule has 1 aliphatic heterocycles. The van der Waals surface area contributed by atoms with Crippen molar-refractivity contribution in [2.24, 2.45) is 5.41 Å². The summed E-state index contributed by atoms with van der Waals surface area (Å²) < 4.78 is 0. The Morgan fingerprint density at radius 1 is 1.64 bits per heavy atom. The molecule has 11 heavy (non-hydrogen) atoms. The maximum absolute atomic E-state index is 11.3. The lowest BCUT2D eigenvalue weighted by atomic mass is 9.82. The fourth-order valence-electron chi connectivity index (χ4n) is 1.34. The van der Waals surface area contributed by atoms with Crippen molar-refractivity contribution >= 4 is 5.91 Å². The van der Waals surface area contributed by atoms with Crippen LogP contribution in [0.2, 0.25) is 0 Å². The van der Waals surface area contributed by atoms with Crippen molar-refractivity contribution in [1.29, 1.82) is 0 Å². The van der Waals surface area contributed by atoms with Crippen molar-refractivity contribution in [1.82, 2.24) is 4.90 Å². The van der Waals surface area contributed by atoms with Gasteiger partial charge in [-0.15, -0.1) is 0 Å². The number of hydrogen-bond donors (Lipinski definition) is 0. The van der Waals surface area contributed by atoms with Gasteiger partial charge >= 0.3 is 0 Å². The van der Waals surface area contributed by atoms with Gasteiger partial charge in [0.15, 0.2) is 0 Å². The Labute approximate surface area is 67.9 Å². The summed E-state index contributed by atoms with van der Waals surface area (Å²) in [7, 11) is 0. The van der Waals surface area contributed by atoms with Gasteiger partial charge in [-0.3, -0.25) is 4.79 Å². The van der Waals surface area contributed by atoms with Crippen LogP contribution < -0.4 is 0 Å². The number of amides is 1. The average Bonchev–Trinajstić information content (AvgIpc) is 1.86. The van der Waals surface area contributed by atoms with E-state index in [1.807, 2.05) is 0 Å². The Morgan fingerprint density at radius 3 is 2.73 bits per heavy atom. The molecule has 0 bridgehead atoms. The van der Waals surface area contributed by atoms with Crippen molar-refractivity contribution in [2.45, 2.75) is 26.7 Å². The standard InChI is InChI=1S/C9H15NO/c1-4-10-6-5-9(2,3)7-8(10)11/h4H,1,5-7H2,2-3H3. The molecule has 1 amide bonds. The molecule has 1 aliphatic rings. The highest BCUT2D eigenvalue weighted by atomic mass is 16.2. The molecule has 0 radical (unpaired) electrons. The van der Waals surface area contributed by atoms with Gasteiger partial charge in [0.25, 0.3) is 0 Å². The van der Waals surface area contributed by atoms with Crippen molar-refractivity contribution in [3.63, 3.8) is 0 Å². The van der Waals surface area contributed by atoms with E-state index in [-0.39, 0.29) is 11.3 Å². The molecule has 1 heterocycles. The second-order valence-electron chi connectivity index (χ2n) is 3.86. The number of rotatable bonds is 1. The van der Waals surface area contributed by atoms with Crippen LogP contribution in [0.1, 0.15) is 26.7 Å². The first-order valence-electron chi connectivity index (χ1n) is 3.97. The van der Waals surface area contributed by atoms with E-state index in [2.05, 4.69) is 20.4 Å². The summed E-state index contributed by atoms with van der Waals surface area (Å²) in [4.78, 5) is 13.0. The fraction of sp³-hybridized carbons (Fsp3) is 0.667. The molecule has 0 aromatic heterocycles. The molecule has 0 aromatic carbocycles. The Hall–Kier alpha value is -0.790. The average molecular weight is 153 g/mol. The molecule has 62 valence electrons. The molecule has 0 aliphatic carbocycles. The molecule has 2 heteroatoms. The molecule has 1 rings (SSSR count). The summed E-state index contributed by atoms with van der Waals surface area (Å²) in [6, 6.07) is 0. The molecule has 0 spiro atoms. The van der Waals surface area contributed by atoms with E-state index in [0.29, 0.717) is 6.42 Å². The maximum atomic E-state index is 11.3. The number of carbonyl (C=O) groups is 1. The van der Waals surface area contributed by atoms with Gasteiger partial charge in [-0.05, 0) is 18.0 Å². The van der Waals surface area contributed by atoms with Crippen LogP contribution in [-0.2, 0) is 4.79 Å². The summed E-state index contributed by atoms with van der Waals surface area (Å²) >= 11 is 0. The molecular formula is C9H15NO. The van der Waals surface area contributed by atoms with Crippen molar-refractivity contribution in [3.05, 3.63) is 12.8 Å². The highest BCUT2D eigenvalue weighted by molar-refractivity contribution is 5.78. The van der Waals surface area contributed by atoms with E-state index in [9.17, 15) is 4.79 Å². The minimum absolute atomic E-state index is 0.191. The van der Waals surface area contributed by atoms with E-state index in [1.165, 1.54) is 0 Å². The summed E-state index contributed by atoms with van der Waals surface area (Å²) in [5.74, 6) is 0.205. The number of carbonyl (C=O) groups excluding carboxylic acids is 1. The molecule has 0 atom stereocenters. The first-order valence-corrected chi connectivity index (χ1v) is 3.97. The third-order valence-electron chi connectivity index (χ3n) is 2.20. The minimum atomic E-state index is 0.191. The van der Waals surface area contributed by atoms with E-state index in [4.69, 9.17) is 0 Å². The number of hydrogen-bond acceptors (Lipinski definition) is 1. The van der Waals surface area contributed by atoms with Crippen LogP contribution in [0, 0.1) is 5.41 Å². The zero-order chi connectivity index (χ0) is 8.48. The van der Waals surface area contributed by atoms with Crippen LogP contribution >= 0.6 is 0 Å². The van der Waals surface area contributed by atoms with Gasteiger partial charge in [0.1, 0.15) is 0 Å². The molecular weight excluding hydrogens is 138 g/mol. The van der Waals surface area contributed by atoms with Gasteiger partial charge < -0.3 is 4.90 Å². The highest BCUT2D eigenvalue weighted by Gasteiger charge is 2.29. The Bertz CT molecular complexity index is 184. The summed E-state index contributed by atoms with van der Waals surface area (Å²) in [5.41, 5.74) is 0.191. The normalized spacial score (nSPS) is 23.5. The Kier molecular flexibility index (Phi) is 2.03. The lowest BCUT2D eigenvalue weighted by Crippen LogP contribution is -2.38. The SMILES string of the molecule is C=CN1CCC(C)(C)CC1=O. The number of piperidine rings is 1. The van der Waals surface area contributed by atoms with Crippen LogP contribution in [-0.4, -0.2) is 17.4 Å². The summed E-state index contributed by atoms with van der Waals surface area (Å²) in [5, 5.41) is 0. The van der Waals surface area contributed by atoms with Crippen LogP contribution in [0.25, 0.3) is 0 Å². The fourth-order valence-corrected chi connectivity index (χ4v) is 1.34. The zero-order valence-corrected chi connectivity index (χ0v) is 7.26. The smallest absolute Gasteiger partial charge is 0.227 e. The molecule has 0 aromatic rings. The van der Waals surface area contributed by atoms with Gasteiger partial charge in [0.2, 0.25) is 5.91 Å². The number of likely N-dealkylation sites (tertiary alicyclic amines) is 1. The van der Waals surface area contributed by atoms with Crippen LogP contribution in [0.15, 0.2) is 12.8 Å². The topological polar surface area (TPSA) is 20.3 Å². The number of nitrogens with zero attached hydrogens (tertiary/aromatic N) is 1. The largest absolute Gasteiger partial charge is 0.320 e. The molecule has 0 N–H and O–H groups in total. The second-order valence-corrected chi connectivity index (χ2v) is 3.86. The highest BCUT2D eigenvalue weighted by Crippen LogP contribution is 2.30. The van der Waals surface area contributed by atoms with Crippen LogP contribution in [0.5, 0.6) is 0 Å². The Balaban J connectivity index is 2.62. The molecule has 2 nitrogen and oxygen atoms in total. The summed E-state index contributed by atoms with van der Waals surface area (Å²) in [6.45, 7) is 8.68. The van der Waals surface area contributed by atoms with Gasteiger partial charge in [0.05, 0.1) is 0 Å². The van der Waals surface area contributed by atoms with Crippen LogP contribution in [0.4, 0.5) is 0 Å². The van der Waals surface area contributed by atoms with Crippen molar-refractivity contribution < 1.29 is 4.79 Å². The molecule has 0 saturated carbocycles. The maximum Gasteiger partial charge on any atom is 0.227 e. The predicted molar refractivity (Wildman–Crippen MR) is 44.9 cm³/mol. The third-order valence-corrected chi connectivity index (χ3v) is 2.20. The molecule has 0 unspecified atom stereocenters. The predicted octanol–water partition coefficient (Wildman–Crippen LogP) is 1.78. The third kappa shape index (κ3) is 1.82. The van der Waals surface area contributed by atoms with Crippen molar-refractivity contribution in [2.75, 3.05) is 6.54 Å². The van der Waals surface area contributed by atoms with Crippen LogP contribution in [0.3, 0.4) is 0 Å². The lowest BCUT2D eigenvalue weighted by Gasteiger charge is -2.34. The van der Waals surface area contributed by atoms with Gasteiger partial charge in [-0.2, -0.15) is 0 Å². The molecule has 1 fully saturated rings. The quantitative estimate of drug-likeness (QED) is 0.562. The van der Waals surface area contributed by atoms with E-state index >= 15 is 0 Å². The molecule has 1 saturated heterocycles. The first kappa shape index (κ1) is 8.31. The van der Waals surface area contributed by atoms with E-state index < -0.39 is 0 Å². The second kappa shape index (κ2) is 2.68. The van der Waals surface area contributed by atoms with E-state index in [0.717, 1.165) is 13.0 Å². The van der Waals surface area contributed by atoms with Gasteiger partial charge in [0, 0.05) is 13.0 Å². The summed E-state index contributed by atoms with van der Waals surface area (Å²) in [6.07, 6.45) is 3.35.